The fraction of sp³-hybridized carbons (Fsp3) is 0.278. The third-order valence-electron chi connectivity index (χ3n) is 4.63. The number of sulfonamides is 1. The summed E-state index contributed by atoms with van der Waals surface area (Å²) in [6.07, 6.45) is 1.64. The average molecular weight is 417 g/mol. The van der Waals surface area contributed by atoms with Crippen molar-refractivity contribution in [2.75, 3.05) is 31.2 Å². The zero-order valence-electron chi connectivity index (χ0n) is 15.3. The molecule has 3 N–H and O–H groups in total. The van der Waals surface area contributed by atoms with Gasteiger partial charge in [-0.1, -0.05) is 0 Å². The van der Waals surface area contributed by atoms with E-state index in [0.717, 1.165) is 24.5 Å². The van der Waals surface area contributed by atoms with Crippen molar-refractivity contribution in [2.24, 2.45) is 0 Å². The van der Waals surface area contributed by atoms with Gasteiger partial charge in [-0.3, -0.25) is 9.78 Å². The van der Waals surface area contributed by atoms with Crippen molar-refractivity contribution in [3.8, 4) is 0 Å². The summed E-state index contributed by atoms with van der Waals surface area (Å²) < 4.78 is 33.2. The Bertz CT molecular complexity index is 1260. The van der Waals surface area contributed by atoms with Crippen LogP contribution in [0.15, 0.2) is 51.0 Å². The molecule has 1 aromatic carbocycles. The number of hydrogen-bond acceptors (Lipinski definition) is 7. The van der Waals surface area contributed by atoms with Crippen LogP contribution in [0, 0.1) is 0 Å². The van der Waals surface area contributed by atoms with Gasteiger partial charge in [0.1, 0.15) is 5.82 Å². The number of nitrogens with zero attached hydrogens (tertiary/aromatic N) is 2. The summed E-state index contributed by atoms with van der Waals surface area (Å²) in [4.78, 5) is 34.2. The van der Waals surface area contributed by atoms with Gasteiger partial charge in [-0.15, -0.1) is 0 Å². The standard InChI is InChI=1S/C18H19N5O5S/c24-17-14-10-13(1-2-15(14)21-18(25)22-17)29(26,27)20-11-12-3-4-19-16(9-12)23-5-7-28-8-6-23/h1-4,9-10,20H,5-8,11H2,(H2,21,22,24,25). The number of morpholine rings is 1. The fourth-order valence-corrected chi connectivity index (χ4v) is 4.15. The fourth-order valence-electron chi connectivity index (χ4n) is 3.11. The number of H-pyrrole nitrogens is 2. The Kier molecular flexibility index (Phi) is 5.18. The minimum absolute atomic E-state index is 0.0648. The second kappa shape index (κ2) is 7.78. The van der Waals surface area contributed by atoms with Gasteiger partial charge in [0.25, 0.3) is 5.56 Å². The molecule has 3 aromatic rings. The molecule has 4 rings (SSSR count). The van der Waals surface area contributed by atoms with Gasteiger partial charge in [0.2, 0.25) is 10.0 Å². The SMILES string of the molecule is O=c1[nH]c(=O)c2cc(S(=O)(=O)NCc3ccnc(N4CCOCC4)c3)ccc2[nH]1. The van der Waals surface area contributed by atoms with E-state index >= 15 is 0 Å². The normalized spacial score (nSPS) is 15.0. The molecule has 152 valence electrons. The van der Waals surface area contributed by atoms with Gasteiger partial charge >= 0.3 is 5.69 Å². The Morgan fingerprint density at radius 1 is 1.10 bits per heavy atom. The zero-order valence-corrected chi connectivity index (χ0v) is 16.2. The topological polar surface area (TPSA) is 137 Å². The van der Waals surface area contributed by atoms with Crippen LogP contribution in [0.5, 0.6) is 0 Å². The van der Waals surface area contributed by atoms with Crippen LogP contribution >= 0.6 is 0 Å². The summed E-state index contributed by atoms with van der Waals surface area (Å²) in [5, 5.41) is 0.0889. The number of fused-ring (bicyclic) bond motifs is 1. The third kappa shape index (κ3) is 4.21. The van der Waals surface area contributed by atoms with Crippen LogP contribution in [0.25, 0.3) is 10.9 Å². The van der Waals surface area contributed by atoms with Gasteiger partial charge in [-0.25, -0.2) is 22.9 Å². The lowest BCUT2D eigenvalue weighted by atomic mass is 10.2. The molecule has 1 aliphatic heterocycles. The Morgan fingerprint density at radius 3 is 2.69 bits per heavy atom. The summed E-state index contributed by atoms with van der Waals surface area (Å²) in [5.74, 6) is 0.770. The minimum atomic E-state index is -3.86. The lowest BCUT2D eigenvalue weighted by molar-refractivity contribution is 0.122. The van der Waals surface area contributed by atoms with E-state index in [9.17, 15) is 18.0 Å². The summed E-state index contributed by atoms with van der Waals surface area (Å²) >= 11 is 0. The molecule has 0 unspecified atom stereocenters. The minimum Gasteiger partial charge on any atom is -0.378 e. The molecule has 1 fully saturated rings. The maximum Gasteiger partial charge on any atom is 0.326 e. The molecule has 3 heterocycles. The van der Waals surface area contributed by atoms with Gasteiger partial charge in [-0.2, -0.15) is 0 Å². The van der Waals surface area contributed by atoms with Gasteiger partial charge < -0.3 is 14.6 Å². The number of anilines is 1. The van der Waals surface area contributed by atoms with E-state index in [0.29, 0.717) is 13.2 Å². The average Bonchev–Trinajstić information content (AvgIpc) is 2.73. The highest BCUT2D eigenvalue weighted by atomic mass is 32.2. The van der Waals surface area contributed by atoms with E-state index in [1.807, 2.05) is 6.07 Å². The Hall–Kier alpha value is -3.02. The van der Waals surface area contributed by atoms with Gasteiger partial charge in [0, 0.05) is 25.8 Å². The van der Waals surface area contributed by atoms with E-state index in [4.69, 9.17) is 4.74 Å². The molecule has 0 amide bonds. The summed E-state index contributed by atoms with van der Waals surface area (Å²) in [7, 11) is -3.86. The molecule has 0 saturated carbocycles. The molecule has 11 heteroatoms. The molecule has 1 aliphatic rings. The third-order valence-corrected chi connectivity index (χ3v) is 6.03. The molecule has 0 bridgehead atoms. The predicted molar refractivity (Wildman–Crippen MR) is 106 cm³/mol. The van der Waals surface area contributed by atoms with Crippen molar-refractivity contribution < 1.29 is 13.2 Å². The predicted octanol–water partition coefficient (Wildman–Crippen LogP) is -0.0735. The van der Waals surface area contributed by atoms with E-state index in [2.05, 4.69) is 24.6 Å². The van der Waals surface area contributed by atoms with E-state index < -0.39 is 21.3 Å². The molecule has 29 heavy (non-hydrogen) atoms. The molecular formula is C18H19N5O5S. The number of rotatable bonds is 5. The van der Waals surface area contributed by atoms with Crippen molar-refractivity contribution in [2.45, 2.75) is 11.4 Å². The first-order chi connectivity index (χ1) is 13.9. The number of benzene rings is 1. The molecule has 1 saturated heterocycles. The van der Waals surface area contributed by atoms with Crippen molar-refractivity contribution in [1.82, 2.24) is 19.7 Å². The lowest BCUT2D eigenvalue weighted by Crippen LogP contribution is -2.36. The first-order valence-corrected chi connectivity index (χ1v) is 10.4. The second-order valence-corrected chi connectivity index (χ2v) is 8.33. The molecule has 2 aromatic heterocycles. The summed E-state index contributed by atoms with van der Waals surface area (Å²) in [6, 6.07) is 7.54. The van der Waals surface area contributed by atoms with Crippen LogP contribution in [0.1, 0.15) is 5.56 Å². The van der Waals surface area contributed by atoms with Crippen LogP contribution in [0.4, 0.5) is 5.82 Å². The lowest BCUT2D eigenvalue weighted by Gasteiger charge is -2.28. The van der Waals surface area contributed by atoms with E-state index in [1.165, 1.54) is 18.2 Å². The van der Waals surface area contributed by atoms with Gasteiger partial charge in [0.05, 0.1) is 29.0 Å². The quantitative estimate of drug-likeness (QED) is 0.528. The van der Waals surface area contributed by atoms with Crippen molar-refractivity contribution >= 4 is 26.7 Å². The molecule has 0 radical (unpaired) electrons. The van der Waals surface area contributed by atoms with Crippen LogP contribution in [-0.4, -0.2) is 49.7 Å². The van der Waals surface area contributed by atoms with E-state index in [1.54, 1.807) is 12.3 Å². The highest BCUT2D eigenvalue weighted by molar-refractivity contribution is 7.89. The smallest absolute Gasteiger partial charge is 0.326 e. The highest BCUT2D eigenvalue weighted by Crippen LogP contribution is 2.17. The van der Waals surface area contributed by atoms with Crippen molar-refractivity contribution in [1.29, 1.82) is 0 Å². The molecule has 0 spiro atoms. The summed E-state index contributed by atoms with van der Waals surface area (Å²) in [5.41, 5.74) is -0.273. The second-order valence-electron chi connectivity index (χ2n) is 6.56. The number of ether oxygens (including phenoxy) is 1. The first kappa shape index (κ1) is 19.3. The number of aromatic amines is 2. The molecule has 0 aliphatic carbocycles. The Morgan fingerprint density at radius 2 is 1.90 bits per heavy atom. The first-order valence-electron chi connectivity index (χ1n) is 8.96. The van der Waals surface area contributed by atoms with Gasteiger partial charge in [-0.05, 0) is 35.9 Å². The maximum atomic E-state index is 12.7. The van der Waals surface area contributed by atoms with Crippen LogP contribution in [0.3, 0.4) is 0 Å². The number of nitrogens with one attached hydrogen (secondary N) is 3. The molecular weight excluding hydrogens is 398 g/mol. The van der Waals surface area contributed by atoms with Gasteiger partial charge in [0.15, 0.2) is 0 Å². The maximum absolute atomic E-state index is 12.7. The largest absolute Gasteiger partial charge is 0.378 e. The number of aromatic nitrogens is 3. The van der Waals surface area contributed by atoms with E-state index in [-0.39, 0.29) is 22.3 Å². The Labute approximate surface area is 165 Å². The zero-order chi connectivity index (χ0) is 20.4. The summed E-state index contributed by atoms with van der Waals surface area (Å²) in [6.45, 7) is 2.80. The number of pyridine rings is 1. The molecule has 10 nitrogen and oxygen atoms in total. The monoisotopic (exact) mass is 417 g/mol. The van der Waals surface area contributed by atoms with Crippen LogP contribution < -0.4 is 20.9 Å². The Balaban J connectivity index is 1.54. The van der Waals surface area contributed by atoms with Crippen molar-refractivity contribution in [3.63, 3.8) is 0 Å². The highest BCUT2D eigenvalue weighted by Gasteiger charge is 2.17. The molecule has 0 atom stereocenters. The van der Waals surface area contributed by atoms with Crippen LogP contribution in [-0.2, 0) is 21.3 Å². The van der Waals surface area contributed by atoms with Crippen LogP contribution in [0.2, 0.25) is 0 Å². The van der Waals surface area contributed by atoms with Crippen molar-refractivity contribution in [3.05, 3.63) is 62.9 Å². The number of hydrogen-bond donors (Lipinski definition) is 3.